The number of hydrogen-bond acceptors (Lipinski definition) is 3. The average Bonchev–Trinajstić information content (AvgIpc) is 3.31. The number of aromatic nitrogens is 2. The lowest BCUT2D eigenvalue weighted by molar-refractivity contribution is -0.137. The number of carbonyl (C=O) groups excluding carboxylic acids is 2. The van der Waals surface area contributed by atoms with Crippen molar-refractivity contribution in [3.8, 4) is 16.9 Å². The second-order valence-corrected chi connectivity index (χ2v) is 9.38. The Hall–Kier alpha value is -4.47. The lowest BCUT2D eigenvalue weighted by Crippen LogP contribution is -2.40. The number of halogens is 4. The number of nitrogens with one attached hydrogen (secondary N) is 1. The fraction of sp³-hybridized carbons (Fsp3) is 0.207. The summed E-state index contributed by atoms with van der Waals surface area (Å²) >= 11 is 0. The summed E-state index contributed by atoms with van der Waals surface area (Å²) in [5.74, 6) is -1.47. The Kier molecular flexibility index (Phi) is 8.13. The first-order valence-electron chi connectivity index (χ1n) is 12.2. The molecule has 0 aliphatic heterocycles. The summed E-state index contributed by atoms with van der Waals surface area (Å²) in [6.07, 6.45) is -4.61. The molecule has 0 aliphatic rings. The molecule has 1 N–H and O–H groups in total. The Morgan fingerprint density at radius 3 is 2.28 bits per heavy atom. The number of nitrogens with zero attached hydrogens (tertiary/aromatic N) is 3. The van der Waals surface area contributed by atoms with E-state index in [9.17, 15) is 27.2 Å². The molecule has 39 heavy (non-hydrogen) atoms. The molecule has 0 saturated carbocycles. The van der Waals surface area contributed by atoms with Crippen LogP contribution in [0.25, 0.3) is 16.9 Å². The van der Waals surface area contributed by atoms with Crippen molar-refractivity contribution < 1.29 is 27.2 Å². The highest BCUT2D eigenvalue weighted by atomic mass is 19.4. The molecule has 0 atom stereocenters. The minimum absolute atomic E-state index is 0.0537. The van der Waals surface area contributed by atoms with Gasteiger partial charge in [0.25, 0.3) is 5.91 Å². The number of amides is 2. The first kappa shape index (κ1) is 27.6. The van der Waals surface area contributed by atoms with Gasteiger partial charge in [-0.3, -0.25) is 9.59 Å². The predicted octanol–water partition coefficient (Wildman–Crippen LogP) is 6.43. The van der Waals surface area contributed by atoms with E-state index in [-0.39, 0.29) is 23.8 Å². The van der Waals surface area contributed by atoms with Crippen LogP contribution in [0.4, 0.5) is 23.4 Å². The van der Waals surface area contributed by atoms with Gasteiger partial charge in [-0.05, 0) is 48.4 Å². The van der Waals surface area contributed by atoms with Gasteiger partial charge < -0.3 is 10.2 Å². The fourth-order valence-corrected chi connectivity index (χ4v) is 4.03. The van der Waals surface area contributed by atoms with Crippen molar-refractivity contribution in [2.45, 2.75) is 20.0 Å². The molecule has 0 aliphatic carbocycles. The quantitative estimate of drug-likeness (QED) is 0.263. The zero-order valence-corrected chi connectivity index (χ0v) is 21.2. The Bertz CT molecular complexity index is 1450. The van der Waals surface area contributed by atoms with E-state index in [1.807, 2.05) is 44.2 Å². The summed E-state index contributed by atoms with van der Waals surface area (Å²) in [4.78, 5) is 27.6. The smallest absolute Gasteiger partial charge is 0.329 e. The normalized spacial score (nSPS) is 11.5. The first-order valence-corrected chi connectivity index (χ1v) is 12.2. The van der Waals surface area contributed by atoms with E-state index in [1.165, 1.54) is 39.9 Å². The van der Waals surface area contributed by atoms with Crippen molar-refractivity contribution >= 4 is 17.6 Å². The standard InChI is InChI=1S/C29H26F4N4O2/c1-19(2)17-36(28(39)21-9-6-10-22(15-21)29(31,32)33)18-27(38)34-26-16-25(20-7-4-3-5-8-20)35-37(26)24-13-11-23(30)12-14-24/h3-16,19H,17-18H2,1-2H3,(H,34,38). The summed E-state index contributed by atoms with van der Waals surface area (Å²) < 4.78 is 54.6. The molecular weight excluding hydrogens is 512 g/mol. The van der Waals surface area contributed by atoms with Gasteiger partial charge in [0.1, 0.15) is 18.2 Å². The van der Waals surface area contributed by atoms with Gasteiger partial charge in [0, 0.05) is 23.7 Å². The number of rotatable bonds is 8. The largest absolute Gasteiger partial charge is 0.416 e. The van der Waals surface area contributed by atoms with Crippen LogP contribution < -0.4 is 5.32 Å². The van der Waals surface area contributed by atoms with E-state index in [2.05, 4.69) is 10.4 Å². The summed E-state index contributed by atoms with van der Waals surface area (Å²) in [6, 6.07) is 20.6. The Morgan fingerprint density at radius 1 is 0.949 bits per heavy atom. The fourth-order valence-electron chi connectivity index (χ4n) is 4.03. The molecule has 0 fully saturated rings. The minimum Gasteiger partial charge on any atom is -0.329 e. The van der Waals surface area contributed by atoms with E-state index < -0.39 is 35.9 Å². The van der Waals surface area contributed by atoms with Crippen LogP contribution in [-0.4, -0.2) is 39.6 Å². The average molecular weight is 539 g/mol. The maximum atomic E-state index is 13.5. The van der Waals surface area contributed by atoms with Crippen molar-refractivity contribution in [2.24, 2.45) is 5.92 Å². The van der Waals surface area contributed by atoms with Crippen LogP contribution in [0, 0.1) is 11.7 Å². The highest BCUT2D eigenvalue weighted by molar-refractivity contribution is 5.99. The molecule has 10 heteroatoms. The van der Waals surface area contributed by atoms with Gasteiger partial charge in [-0.1, -0.05) is 50.2 Å². The predicted molar refractivity (Wildman–Crippen MR) is 140 cm³/mol. The second kappa shape index (κ2) is 11.5. The van der Waals surface area contributed by atoms with E-state index in [4.69, 9.17) is 0 Å². The summed E-state index contributed by atoms with van der Waals surface area (Å²) in [7, 11) is 0. The molecule has 4 rings (SSSR count). The number of anilines is 1. The molecule has 0 saturated heterocycles. The monoisotopic (exact) mass is 538 g/mol. The molecule has 0 bridgehead atoms. The molecule has 0 radical (unpaired) electrons. The molecule has 4 aromatic rings. The molecule has 202 valence electrons. The Morgan fingerprint density at radius 2 is 1.64 bits per heavy atom. The molecular formula is C29H26F4N4O2. The molecule has 1 heterocycles. The number of hydrogen-bond donors (Lipinski definition) is 1. The van der Waals surface area contributed by atoms with Crippen molar-refractivity contribution in [1.82, 2.24) is 14.7 Å². The molecule has 2 amide bonds. The van der Waals surface area contributed by atoms with Crippen LogP contribution in [0.15, 0.2) is 84.9 Å². The van der Waals surface area contributed by atoms with Crippen molar-refractivity contribution in [1.29, 1.82) is 0 Å². The third kappa shape index (κ3) is 6.90. The zero-order valence-electron chi connectivity index (χ0n) is 21.2. The molecule has 0 spiro atoms. The zero-order chi connectivity index (χ0) is 28.2. The molecule has 3 aromatic carbocycles. The van der Waals surface area contributed by atoms with Gasteiger partial charge >= 0.3 is 6.18 Å². The maximum Gasteiger partial charge on any atom is 0.416 e. The summed E-state index contributed by atoms with van der Waals surface area (Å²) in [5, 5.41) is 7.32. The number of carbonyl (C=O) groups is 2. The first-order chi connectivity index (χ1) is 18.5. The summed E-state index contributed by atoms with van der Waals surface area (Å²) in [6.45, 7) is 3.41. The minimum atomic E-state index is -4.61. The van der Waals surface area contributed by atoms with Crippen molar-refractivity contribution in [3.05, 3.63) is 102 Å². The van der Waals surface area contributed by atoms with E-state index in [0.29, 0.717) is 11.4 Å². The van der Waals surface area contributed by atoms with Gasteiger partial charge in [-0.25, -0.2) is 9.07 Å². The lowest BCUT2D eigenvalue weighted by atomic mass is 10.1. The Balaban J connectivity index is 1.61. The van der Waals surface area contributed by atoms with Crippen LogP contribution in [0.1, 0.15) is 29.8 Å². The topological polar surface area (TPSA) is 67.2 Å². The van der Waals surface area contributed by atoms with Crippen LogP contribution in [0.5, 0.6) is 0 Å². The molecule has 1 aromatic heterocycles. The van der Waals surface area contributed by atoms with E-state index >= 15 is 0 Å². The van der Waals surface area contributed by atoms with Crippen molar-refractivity contribution in [2.75, 3.05) is 18.4 Å². The molecule has 0 unspecified atom stereocenters. The SMILES string of the molecule is CC(C)CN(CC(=O)Nc1cc(-c2ccccc2)nn1-c1ccc(F)cc1)C(=O)c1cccc(C(F)(F)F)c1. The van der Waals surface area contributed by atoms with Crippen LogP contribution in [-0.2, 0) is 11.0 Å². The van der Waals surface area contributed by atoms with Gasteiger partial charge in [-0.2, -0.15) is 18.3 Å². The highest BCUT2D eigenvalue weighted by Gasteiger charge is 2.31. The summed E-state index contributed by atoms with van der Waals surface area (Å²) in [5.41, 5.74) is 0.720. The molecule has 6 nitrogen and oxygen atoms in total. The van der Waals surface area contributed by atoms with Crippen LogP contribution >= 0.6 is 0 Å². The van der Waals surface area contributed by atoms with E-state index in [0.717, 1.165) is 23.8 Å². The third-order valence-corrected chi connectivity index (χ3v) is 5.76. The Labute approximate surface area is 222 Å². The van der Waals surface area contributed by atoms with Gasteiger partial charge in [0.05, 0.1) is 16.9 Å². The third-order valence-electron chi connectivity index (χ3n) is 5.76. The maximum absolute atomic E-state index is 13.5. The second-order valence-electron chi connectivity index (χ2n) is 9.38. The highest BCUT2D eigenvalue weighted by Crippen LogP contribution is 2.30. The van der Waals surface area contributed by atoms with Crippen molar-refractivity contribution in [3.63, 3.8) is 0 Å². The number of benzene rings is 3. The number of alkyl halides is 3. The van der Waals surface area contributed by atoms with Gasteiger partial charge in [0.15, 0.2) is 0 Å². The van der Waals surface area contributed by atoms with Gasteiger partial charge in [0.2, 0.25) is 5.91 Å². The van der Waals surface area contributed by atoms with E-state index in [1.54, 1.807) is 6.07 Å². The lowest BCUT2D eigenvalue weighted by Gasteiger charge is -2.24. The van der Waals surface area contributed by atoms with Crippen LogP contribution in [0.3, 0.4) is 0 Å². The van der Waals surface area contributed by atoms with Gasteiger partial charge in [-0.15, -0.1) is 0 Å². The van der Waals surface area contributed by atoms with Crippen LogP contribution in [0.2, 0.25) is 0 Å².